The van der Waals surface area contributed by atoms with Gasteiger partial charge in [-0.05, 0) is 12.1 Å². The summed E-state index contributed by atoms with van der Waals surface area (Å²) in [7, 11) is 0. The van der Waals surface area contributed by atoms with Gasteiger partial charge in [-0.2, -0.15) is 5.26 Å². The van der Waals surface area contributed by atoms with Crippen LogP contribution in [0.5, 0.6) is 0 Å². The van der Waals surface area contributed by atoms with Gasteiger partial charge in [-0.1, -0.05) is 0 Å². The van der Waals surface area contributed by atoms with Crippen molar-refractivity contribution in [2.45, 2.75) is 12.5 Å². The highest BCUT2D eigenvalue weighted by atomic mass is 19.1. The van der Waals surface area contributed by atoms with E-state index in [1.54, 1.807) is 6.07 Å². The summed E-state index contributed by atoms with van der Waals surface area (Å²) in [5.74, 6) is -1.82. The van der Waals surface area contributed by atoms with Gasteiger partial charge in [0, 0.05) is 13.0 Å². The van der Waals surface area contributed by atoms with Crippen LogP contribution in [0.3, 0.4) is 0 Å². The third kappa shape index (κ3) is 2.33. The van der Waals surface area contributed by atoms with Gasteiger partial charge in [0.1, 0.15) is 5.69 Å². The molecule has 1 fully saturated rings. The van der Waals surface area contributed by atoms with E-state index in [1.165, 1.54) is 0 Å². The topological polar surface area (TPSA) is 64.9 Å². The largest absolute Gasteiger partial charge is 0.375 e. The van der Waals surface area contributed by atoms with E-state index in [-0.39, 0.29) is 29.6 Å². The molecule has 1 aliphatic heterocycles. The molecule has 1 saturated heterocycles. The summed E-state index contributed by atoms with van der Waals surface area (Å²) in [5, 5.41) is 13.7. The third-order valence-electron chi connectivity index (χ3n) is 2.50. The highest BCUT2D eigenvalue weighted by Crippen LogP contribution is 2.22. The van der Waals surface area contributed by atoms with Gasteiger partial charge in [0.15, 0.2) is 11.6 Å². The predicted molar refractivity (Wildman–Crippen MR) is 56.1 cm³/mol. The van der Waals surface area contributed by atoms with Gasteiger partial charge >= 0.3 is 0 Å². The molecule has 88 valence electrons. The molecule has 1 aromatic rings. The molecule has 4 nitrogen and oxygen atoms in total. The van der Waals surface area contributed by atoms with Crippen molar-refractivity contribution in [3.05, 3.63) is 29.3 Å². The Kier molecular flexibility index (Phi) is 2.91. The Balaban J connectivity index is 2.22. The summed E-state index contributed by atoms with van der Waals surface area (Å²) in [6.07, 6.45) is 0.179. The van der Waals surface area contributed by atoms with Crippen LogP contribution in [0.25, 0.3) is 0 Å². The Morgan fingerprint density at radius 1 is 1.41 bits per heavy atom. The maximum absolute atomic E-state index is 13.5. The minimum atomic E-state index is -0.833. The smallest absolute Gasteiger partial charge is 0.222 e. The fraction of sp³-hybridized carbons (Fsp3) is 0.273. The summed E-state index contributed by atoms with van der Waals surface area (Å²) >= 11 is 0. The number of rotatable bonds is 2. The third-order valence-corrected chi connectivity index (χ3v) is 2.50. The monoisotopic (exact) mass is 237 g/mol. The van der Waals surface area contributed by atoms with Crippen molar-refractivity contribution >= 4 is 11.6 Å². The Morgan fingerprint density at radius 2 is 2.06 bits per heavy atom. The van der Waals surface area contributed by atoms with E-state index in [1.807, 2.05) is 0 Å². The first-order valence-electron chi connectivity index (χ1n) is 5.02. The highest BCUT2D eigenvalue weighted by Gasteiger charge is 2.23. The molecule has 1 atom stereocenters. The number of halogens is 2. The first-order chi connectivity index (χ1) is 8.10. The van der Waals surface area contributed by atoms with E-state index in [2.05, 4.69) is 10.6 Å². The van der Waals surface area contributed by atoms with E-state index < -0.39 is 11.6 Å². The quantitative estimate of drug-likeness (QED) is 0.810. The molecule has 0 spiro atoms. The molecule has 0 saturated carbocycles. The zero-order chi connectivity index (χ0) is 12.4. The molecule has 1 heterocycles. The summed E-state index contributed by atoms with van der Waals surface area (Å²) in [4.78, 5) is 10.9. The molecule has 0 aromatic heterocycles. The number of nitrogens with zero attached hydrogens (tertiary/aromatic N) is 1. The van der Waals surface area contributed by atoms with E-state index in [0.29, 0.717) is 6.54 Å². The molecule has 2 rings (SSSR count). The lowest BCUT2D eigenvalue weighted by Gasteiger charge is -2.13. The van der Waals surface area contributed by atoms with Gasteiger partial charge in [-0.15, -0.1) is 0 Å². The maximum Gasteiger partial charge on any atom is 0.222 e. The number of nitrogens with one attached hydrogen (secondary N) is 2. The van der Waals surface area contributed by atoms with Crippen molar-refractivity contribution in [3.63, 3.8) is 0 Å². The normalized spacial score (nSPS) is 18.6. The second kappa shape index (κ2) is 4.37. The van der Waals surface area contributed by atoms with Crippen molar-refractivity contribution in [3.8, 4) is 6.07 Å². The lowest BCUT2D eigenvalue weighted by atomic mass is 10.1. The number of carbonyl (C=O) groups excluding carboxylic acids is 1. The van der Waals surface area contributed by atoms with Crippen LogP contribution in [-0.4, -0.2) is 18.5 Å². The molecule has 1 aromatic carbocycles. The average Bonchev–Trinajstić information content (AvgIpc) is 2.69. The molecule has 1 aliphatic rings. The molecular weight excluding hydrogens is 228 g/mol. The van der Waals surface area contributed by atoms with Crippen molar-refractivity contribution in [1.82, 2.24) is 5.32 Å². The molecule has 0 aliphatic carbocycles. The Morgan fingerprint density at radius 3 is 2.53 bits per heavy atom. The summed E-state index contributed by atoms with van der Waals surface area (Å²) in [5.41, 5.74) is -0.378. The van der Waals surface area contributed by atoms with Gasteiger partial charge in [0.2, 0.25) is 5.91 Å². The molecule has 1 amide bonds. The van der Waals surface area contributed by atoms with E-state index in [9.17, 15) is 13.6 Å². The van der Waals surface area contributed by atoms with Crippen LogP contribution in [0.4, 0.5) is 14.5 Å². The Hall–Kier alpha value is -2.16. The van der Waals surface area contributed by atoms with Crippen LogP contribution in [0.1, 0.15) is 12.0 Å². The first kappa shape index (κ1) is 11.3. The van der Waals surface area contributed by atoms with Gasteiger partial charge < -0.3 is 10.6 Å². The van der Waals surface area contributed by atoms with Crippen molar-refractivity contribution in [2.75, 3.05) is 11.9 Å². The Labute approximate surface area is 96.2 Å². The minimum Gasteiger partial charge on any atom is -0.375 e. The zero-order valence-electron chi connectivity index (χ0n) is 8.76. The van der Waals surface area contributed by atoms with Crippen LogP contribution in [-0.2, 0) is 4.79 Å². The fourth-order valence-corrected chi connectivity index (χ4v) is 1.69. The standard InChI is InChI=1S/C11H9F2N3O/c12-8-1-6(4-14)2-9(13)11(8)16-7-3-10(17)15-5-7/h1-2,7,16H,3,5H2,(H,15,17). The number of benzene rings is 1. The number of anilines is 1. The van der Waals surface area contributed by atoms with Crippen molar-refractivity contribution in [2.24, 2.45) is 0 Å². The lowest BCUT2D eigenvalue weighted by molar-refractivity contribution is -0.119. The molecule has 0 bridgehead atoms. The van der Waals surface area contributed by atoms with Crippen LogP contribution in [0.15, 0.2) is 12.1 Å². The molecule has 6 heteroatoms. The van der Waals surface area contributed by atoms with E-state index in [0.717, 1.165) is 12.1 Å². The lowest BCUT2D eigenvalue weighted by Crippen LogP contribution is -2.23. The number of carbonyl (C=O) groups is 1. The molecule has 17 heavy (non-hydrogen) atoms. The van der Waals surface area contributed by atoms with Gasteiger partial charge in [0.25, 0.3) is 0 Å². The molecule has 0 radical (unpaired) electrons. The van der Waals surface area contributed by atoms with Gasteiger partial charge in [-0.25, -0.2) is 8.78 Å². The first-order valence-corrected chi connectivity index (χ1v) is 5.02. The van der Waals surface area contributed by atoms with Crippen molar-refractivity contribution < 1.29 is 13.6 Å². The predicted octanol–water partition coefficient (Wildman–Crippen LogP) is 1.14. The second-order valence-electron chi connectivity index (χ2n) is 3.78. The van der Waals surface area contributed by atoms with Crippen LogP contribution in [0, 0.1) is 23.0 Å². The maximum atomic E-state index is 13.5. The summed E-state index contributed by atoms with van der Waals surface area (Å²) < 4.78 is 27.0. The highest BCUT2D eigenvalue weighted by molar-refractivity contribution is 5.79. The van der Waals surface area contributed by atoms with Gasteiger partial charge in [-0.3, -0.25) is 4.79 Å². The number of nitriles is 1. The Bertz CT molecular complexity index is 487. The second-order valence-corrected chi connectivity index (χ2v) is 3.78. The number of hydrogen-bond acceptors (Lipinski definition) is 3. The van der Waals surface area contributed by atoms with Gasteiger partial charge in [0.05, 0.1) is 17.7 Å². The van der Waals surface area contributed by atoms with E-state index >= 15 is 0 Å². The zero-order valence-corrected chi connectivity index (χ0v) is 8.76. The average molecular weight is 237 g/mol. The number of hydrogen-bond donors (Lipinski definition) is 2. The summed E-state index contributed by atoms with van der Waals surface area (Å²) in [6.45, 7) is 0.331. The van der Waals surface area contributed by atoms with Crippen molar-refractivity contribution in [1.29, 1.82) is 5.26 Å². The molecular formula is C11H9F2N3O. The van der Waals surface area contributed by atoms with E-state index in [4.69, 9.17) is 5.26 Å². The minimum absolute atomic E-state index is 0.0776. The van der Waals surface area contributed by atoms with Crippen LogP contribution < -0.4 is 10.6 Å². The molecule has 1 unspecified atom stereocenters. The molecule has 2 N–H and O–H groups in total. The van der Waals surface area contributed by atoms with Crippen LogP contribution >= 0.6 is 0 Å². The van der Waals surface area contributed by atoms with Crippen LogP contribution in [0.2, 0.25) is 0 Å². The SMILES string of the molecule is N#Cc1cc(F)c(NC2CNC(=O)C2)c(F)c1. The fourth-order valence-electron chi connectivity index (χ4n) is 1.69. The number of amides is 1. The summed E-state index contributed by atoms with van der Waals surface area (Å²) in [6, 6.07) is 3.24.